The third-order valence-corrected chi connectivity index (χ3v) is 4.37. The third kappa shape index (κ3) is 3.05. The van der Waals surface area contributed by atoms with E-state index in [9.17, 15) is 21.4 Å². The lowest BCUT2D eigenvalue weighted by Gasteiger charge is -2.09. The Bertz CT molecular complexity index is 839. The summed E-state index contributed by atoms with van der Waals surface area (Å²) in [5, 5.41) is 0. The molecule has 0 fully saturated rings. The number of hydrogen-bond donors (Lipinski definition) is 2. The molecule has 2 aromatic carbocycles. The summed E-state index contributed by atoms with van der Waals surface area (Å²) < 4.78 is 63.1. The van der Waals surface area contributed by atoms with Crippen LogP contribution >= 0.6 is 0 Å². The van der Waals surface area contributed by atoms with Gasteiger partial charge in [-0.3, -0.25) is 9.11 Å². The SMILES string of the molecule is O=S(=O)(O)c1ccc(S(=O)(=O)O)c(-c2ccccc2)c1. The van der Waals surface area contributed by atoms with E-state index in [1.54, 1.807) is 30.3 Å². The molecule has 0 bridgehead atoms. The van der Waals surface area contributed by atoms with Crippen LogP contribution in [0.5, 0.6) is 0 Å². The van der Waals surface area contributed by atoms with Crippen molar-refractivity contribution >= 4 is 20.2 Å². The summed E-state index contributed by atoms with van der Waals surface area (Å²) in [6, 6.07) is 10.9. The summed E-state index contributed by atoms with van der Waals surface area (Å²) in [7, 11) is -8.99. The van der Waals surface area contributed by atoms with E-state index >= 15 is 0 Å². The first-order valence-corrected chi connectivity index (χ1v) is 8.22. The molecule has 0 atom stereocenters. The van der Waals surface area contributed by atoms with Gasteiger partial charge in [0.1, 0.15) is 4.90 Å². The van der Waals surface area contributed by atoms with Gasteiger partial charge < -0.3 is 0 Å². The van der Waals surface area contributed by atoms with E-state index in [4.69, 9.17) is 4.55 Å². The lowest BCUT2D eigenvalue weighted by molar-refractivity contribution is 0.479. The topological polar surface area (TPSA) is 109 Å². The largest absolute Gasteiger partial charge is 0.295 e. The molecule has 0 aliphatic carbocycles. The molecule has 0 unspecified atom stereocenters. The Morgan fingerprint density at radius 2 is 1.35 bits per heavy atom. The molecule has 106 valence electrons. The van der Waals surface area contributed by atoms with Crippen LogP contribution in [0.15, 0.2) is 58.3 Å². The summed E-state index contributed by atoms with van der Waals surface area (Å²) in [6.07, 6.45) is 0. The van der Waals surface area contributed by atoms with Gasteiger partial charge in [0.05, 0.1) is 4.90 Å². The molecule has 0 saturated heterocycles. The van der Waals surface area contributed by atoms with Crippen LogP contribution in [0.4, 0.5) is 0 Å². The summed E-state index contributed by atoms with van der Waals surface area (Å²) in [6.45, 7) is 0. The van der Waals surface area contributed by atoms with Crippen LogP contribution in [0.25, 0.3) is 11.1 Å². The van der Waals surface area contributed by atoms with Crippen LogP contribution in [-0.4, -0.2) is 25.9 Å². The van der Waals surface area contributed by atoms with Gasteiger partial charge in [0.2, 0.25) is 0 Å². The zero-order valence-electron chi connectivity index (χ0n) is 9.96. The highest BCUT2D eigenvalue weighted by molar-refractivity contribution is 7.86. The standard InChI is InChI=1S/C12H10O6S2/c13-19(14,15)10-6-7-12(20(16,17)18)11(8-10)9-4-2-1-3-5-9/h1-8H,(H,13,14,15)(H,16,17,18). The Labute approximate surface area is 116 Å². The Morgan fingerprint density at radius 1 is 0.750 bits per heavy atom. The molecule has 8 heteroatoms. The van der Waals surface area contributed by atoms with Gasteiger partial charge in [0.25, 0.3) is 20.2 Å². The summed E-state index contributed by atoms with van der Waals surface area (Å²) >= 11 is 0. The Hall–Kier alpha value is -1.74. The molecule has 0 heterocycles. The second-order valence-electron chi connectivity index (χ2n) is 3.97. The lowest BCUT2D eigenvalue weighted by Crippen LogP contribution is -2.04. The average molecular weight is 314 g/mol. The molecule has 0 aliphatic heterocycles. The van der Waals surface area contributed by atoms with Crippen molar-refractivity contribution in [2.24, 2.45) is 0 Å². The van der Waals surface area contributed by atoms with Crippen molar-refractivity contribution in [2.45, 2.75) is 9.79 Å². The van der Waals surface area contributed by atoms with Crippen molar-refractivity contribution < 1.29 is 25.9 Å². The van der Waals surface area contributed by atoms with Crippen molar-refractivity contribution in [1.82, 2.24) is 0 Å². The zero-order valence-corrected chi connectivity index (χ0v) is 11.6. The van der Waals surface area contributed by atoms with Crippen LogP contribution in [0.2, 0.25) is 0 Å². The van der Waals surface area contributed by atoms with Gasteiger partial charge in [-0.25, -0.2) is 0 Å². The van der Waals surface area contributed by atoms with Crippen LogP contribution in [0.3, 0.4) is 0 Å². The van der Waals surface area contributed by atoms with Gasteiger partial charge in [-0.05, 0) is 23.8 Å². The van der Waals surface area contributed by atoms with Crippen molar-refractivity contribution in [3.05, 3.63) is 48.5 Å². The minimum Gasteiger partial charge on any atom is -0.282 e. The fourth-order valence-corrected chi connectivity index (χ4v) is 2.94. The third-order valence-electron chi connectivity index (χ3n) is 2.61. The van der Waals surface area contributed by atoms with E-state index in [1.165, 1.54) is 0 Å². The van der Waals surface area contributed by atoms with Gasteiger partial charge in [0.15, 0.2) is 0 Å². The van der Waals surface area contributed by atoms with Gasteiger partial charge in [0, 0.05) is 5.56 Å². The molecule has 6 nitrogen and oxygen atoms in total. The van der Waals surface area contributed by atoms with E-state index < -0.39 is 30.0 Å². The van der Waals surface area contributed by atoms with Gasteiger partial charge in [-0.1, -0.05) is 30.3 Å². The molecule has 2 aromatic rings. The Morgan fingerprint density at radius 3 is 1.85 bits per heavy atom. The molecule has 2 rings (SSSR count). The van der Waals surface area contributed by atoms with Crippen molar-refractivity contribution in [3.8, 4) is 11.1 Å². The smallest absolute Gasteiger partial charge is 0.282 e. The molecular weight excluding hydrogens is 304 g/mol. The van der Waals surface area contributed by atoms with Crippen molar-refractivity contribution in [2.75, 3.05) is 0 Å². The second kappa shape index (κ2) is 4.98. The average Bonchev–Trinajstić information content (AvgIpc) is 2.37. The maximum Gasteiger partial charge on any atom is 0.295 e. The van der Waals surface area contributed by atoms with Crippen LogP contribution in [0, 0.1) is 0 Å². The summed E-state index contributed by atoms with van der Waals surface area (Å²) in [4.78, 5) is -0.889. The Kier molecular flexibility index (Phi) is 3.65. The van der Waals surface area contributed by atoms with Crippen LogP contribution in [-0.2, 0) is 20.2 Å². The van der Waals surface area contributed by atoms with E-state index in [0.29, 0.717) is 5.56 Å². The quantitative estimate of drug-likeness (QED) is 0.837. The van der Waals surface area contributed by atoms with Crippen molar-refractivity contribution in [1.29, 1.82) is 0 Å². The predicted octanol–water partition coefficient (Wildman–Crippen LogP) is 1.85. The maximum atomic E-state index is 11.3. The molecule has 0 aromatic heterocycles. The van der Waals surface area contributed by atoms with E-state index in [-0.39, 0.29) is 5.56 Å². The molecule has 2 N–H and O–H groups in total. The first-order valence-electron chi connectivity index (χ1n) is 5.34. The maximum absolute atomic E-state index is 11.3. The highest BCUT2D eigenvalue weighted by Gasteiger charge is 2.20. The molecule has 0 aliphatic rings. The molecule has 20 heavy (non-hydrogen) atoms. The van der Waals surface area contributed by atoms with E-state index in [1.807, 2.05) is 0 Å². The normalized spacial score (nSPS) is 12.3. The summed E-state index contributed by atoms with van der Waals surface area (Å²) in [5.74, 6) is 0. The van der Waals surface area contributed by atoms with Gasteiger partial charge >= 0.3 is 0 Å². The van der Waals surface area contributed by atoms with Crippen molar-refractivity contribution in [3.63, 3.8) is 0 Å². The summed E-state index contributed by atoms with van der Waals surface area (Å²) in [5.41, 5.74) is 0.383. The molecule has 0 radical (unpaired) electrons. The highest BCUT2D eigenvalue weighted by atomic mass is 32.2. The Balaban J connectivity index is 2.81. The number of benzene rings is 2. The second-order valence-corrected chi connectivity index (χ2v) is 6.79. The fourth-order valence-electron chi connectivity index (χ4n) is 1.74. The molecule has 0 amide bonds. The first kappa shape index (κ1) is 14.7. The highest BCUT2D eigenvalue weighted by Crippen LogP contribution is 2.29. The monoisotopic (exact) mass is 314 g/mol. The minimum absolute atomic E-state index is 0.0109. The zero-order chi connectivity index (χ0) is 15.0. The molecular formula is C12H10O6S2. The lowest BCUT2D eigenvalue weighted by atomic mass is 10.1. The van der Waals surface area contributed by atoms with Gasteiger partial charge in [-0.15, -0.1) is 0 Å². The number of rotatable bonds is 3. The number of hydrogen-bond acceptors (Lipinski definition) is 4. The molecule has 0 spiro atoms. The fraction of sp³-hybridized carbons (Fsp3) is 0. The molecule has 0 saturated carbocycles. The van der Waals surface area contributed by atoms with Gasteiger partial charge in [-0.2, -0.15) is 16.8 Å². The van der Waals surface area contributed by atoms with Crippen LogP contribution < -0.4 is 0 Å². The van der Waals surface area contributed by atoms with E-state index in [2.05, 4.69) is 0 Å². The first-order chi connectivity index (χ1) is 9.19. The van der Waals surface area contributed by atoms with Crippen LogP contribution in [0.1, 0.15) is 0 Å². The predicted molar refractivity (Wildman–Crippen MR) is 71.5 cm³/mol. The van der Waals surface area contributed by atoms with E-state index in [0.717, 1.165) is 18.2 Å². The minimum atomic E-state index is -4.52.